The van der Waals surface area contributed by atoms with E-state index < -0.39 is 6.10 Å². The third-order valence-electron chi connectivity index (χ3n) is 3.52. The second-order valence-electron chi connectivity index (χ2n) is 5.03. The Kier molecular flexibility index (Phi) is 5.81. The summed E-state index contributed by atoms with van der Waals surface area (Å²) in [6, 6.07) is 11.6. The molecule has 3 nitrogen and oxygen atoms in total. The summed E-state index contributed by atoms with van der Waals surface area (Å²) < 4.78 is 2.43. The number of nitrogens with zero attached hydrogens (tertiary/aromatic N) is 1. The number of hydrogen-bond donors (Lipinski definition) is 1. The van der Waals surface area contributed by atoms with E-state index in [2.05, 4.69) is 34.4 Å². The first-order chi connectivity index (χ1) is 10.5. The Morgan fingerprint density at radius 1 is 1.32 bits per heavy atom. The number of aromatic nitrogens is 1. The van der Waals surface area contributed by atoms with Gasteiger partial charge >= 0.3 is 0 Å². The van der Waals surface area contributed by atoms with Gasteiger partial charge in [0.1, 0.15) is 0 Å². The average molecular weight is 407 g/mol. The Hall–Kier alpha value is -1.58. The van der Waals surface area contributed by atoms with Gasteiger partial charge in [-0.05, 0) is 59.7 Å². The van der Waals surface area contributed by atoms with Crippen LogP contribution in [0.2, 0.25) is 0 Å². The van der Waals surface area contributed by atoms with Gasteiger partial charge in [-0.25, -0.2) is 0 Å². The molecule has 1 atom stereocenters. The van der Waals surface area contributed by atoms with Gasteiger partial charge in [-0.1, -0.05) is 37.0 Å². The molecule has 1 N–H and O–H groups in total. The molecule has 22 heavy (non-hydrogen) atoms. The average Bonchev–Trinajstić information content (AvgIpc) is 2.54. The molecule has 2 aromatic rings. The standard InChI is InChI=1S/C18H18INO2/c1-3-16(21)15-12-17(19)20(18(22)13(15)2)11-7-10-14-8-5-4-6-9-14/h4-6,8-9,12,16,21H,3,11H2,1-2H3. The van der Waals surface area contributed by atoms with Crippen molar-refractivity contribution in [1.29, 1.82) is 0 Å². The monoisotopic (exact) mass is 407 g/mol. The van der Waals surface area contributed by atoms with Crippen LogP contribution in [0, 0.1) is 22.5 Å². The molecule has 1 unspecified atom stereocenters. The first kappa shape index (κ1) is 16.8. The molecule has 0 aliphatic rings. The van der Waals surface area contributed by atoms with Crippen LogP contribution in [0.3, 0.4) is 0 Å². The predicted molar refractivity (Wildman–Crippen MR) is 96.7 cm³/mol. The van der Waals surface area contributed by atoms with Gasteiger partial charge in [0.2, 0.25) is 0 Å². The topological polar surface area (TPSA) is 42.2 Å². The summed E-state index contributed by atoms with van der Waals surface area (Å²) in [7, 11) is 0. The molecule has 0 aliphatic heterocycles. The van der Waals surface area contributed by atoms with Crippen LogP contribution in [-0.4, -0.2) is 9.67 Å². The minimum atomic E-state index is -0.591. The van der Waals surface area contributed by atoms with Crippen molar-refractivity contribution in [2.45, 2.75) is 32.9 Å². The van der Waals surface area contributed by atoms with Crippen molar-refractivity contribution in [3.8, 4) is 11.8 Å². The van der Waals surface area contributed by atoms with Crippen molar-refractivity contribution in [2.24, 2.45) is 0 Å². The van der Waals surface area contributed by atoms with Gasteiger partial charge in [-0.3, -0.25) is 9.36 Å². The van der Waals surface area contributed by atoms with Gasteiger partial charge < -0.3 is 5.11 Å². The summed E-state index contributed by atoms with van der Waals surface area (Å²) in [6.45, 7) is 4.00. The van der Waals surface area contributed by atoms with Gasteiger partial charge in [-0.15, -0.1) is 0 Å². The Labute approximate surface area is 144 Å². The van der Waals surface area contributed by atoms with Crippen molar-refractivity contribution in [2.75, 3.05) is 0 Å². The van der Waals surface area contributed by atoms with Crippen molar-refractivity contribution < 1.29 is 5.11 Å². The number of hydrogen-bond acceptors (Lipinski definition) is 2. The van der Waals surface area contributed by atoms with Gasteiger partial charge in [0.25, 0.3) is 5.56 Å². The van der Waals surface area contributed by atoms with Crippen molar-refractivity contribution in [3.63, 3.8) is 0 Å². The molecule has 0 saturated heterocycles. The zero-order valence-electron chi connectivity index (χ0n) is 12.6. The van der Waals surface area contributed by atoms with Crippen LogP contribution < -0.4 is 5.56 Å². The molecule has 0 fully saturated rings. The van der Waals surface area contributed by atoms with Gasteiger partial charge in [0.15, 0.2) is 0 Å². The predicted octanol–water partition coefficient (Wildman–Crippen LogP) is 3.26. The summed E-state index contributed by atoms with van der Waals surface area (Å²) in [5, 5.41) is 10.00. The van der Waals surface area contributed by atoms with Gasteiger partial charge in [-0.2, -0.15) is 0 Å². The van der Waals surface area contributed by atoms with Crippen molar-refractivity contribution >= 4 is 22.6 Å². The lowest BCUT2D eigenvalue weighted by atomic mass is 10.0. The normalized spacial score (nSPS) is 11.6. The molecule has 0 bridgehead atoms. The third kappa shape index (κ3) is 3.79. The van der Waals surface area contributed by atoms with Gasteiger partial charge in [0.05, 0.1) is 16.3 Å². The summed E-state index contributed by atoms with van der Waals surface area (Å²) >= 11 is 2.12. The first-order valence-electron chi connectivity index (χ1n) is 7.16. The van der Waals surface area contributed by atoms with E-state index in [1.54, 1.807) is 11.5 Å². The van der Waals surface area contributed by atoms with E-state index in [0.29, 0.717) is 24.1 Å². The minimum Gasteiger partial charge on any atom is -0.388 e. The van der Waals surface area contributed by atoms with E-state index in [9.17, 15) is 9.90 Å². The molecule has 1 aromatic heterocycles. The number of halogens is 1. The van der Waals surface area contributed by atoms with E-state index in [1.165, 1.54) is 0 Å². The second kappa shape index (κ2) is 7.61. The van der Waals surface area contributed by atoms with Crippen molar-refractivity contribution in [1.82, 2.24) is 4.57 Å². The fourth-order valence-electron chi connectivity index (χ4n) is 2.19. The smallest absolute Gasteiger partial charge is 0.255 e. The fraction of sp³-hybridized carbons (Fsp3) is 0.278. The largest absolute Gasteiger partial charge is 0.388 e. The highest BCUT2D eigenvalue weighted by molar-refractivity contribution is 14.1. The SMILES string of the molecule is CCC(O)c1cc(I)n(CC#Cc2ccccc2)c(=O)c1C. The molecule has 1 aromatic carbocycles. The highest BCUT2D eigenvalue weighted by atomic mass is 127. The Balaban J connectivity index is 2.32. The molecule has 4 heteroatoms. The Bertz CT molecular complexity index is 769. The highest BCUT2D eigenvalue weighted by Crippen LogP contribution is 2.20. The number of rotatable bonds is 3. The molecule has 0 radical (unpaired) electrons. The number of aliphatic hydroxyl groups is 1. The lowest BCUT2D eigenvalue weighted by Gasteiger charge is -2.14. The summed E-state index contributed by atoms with van der Waals surface area (Å²) in [5.74, 6) is 6.09. The number of benzene rings is 1. The van der Waals surface area contributed by atoms with E-state index in [1.807, 2.05) is 43.3 Å². The molecule has 1 heterocycles. The van der Waals surface area contributed by atoms with Crippen LogP contribution in [0.25, 0.3) is 0 Å². The summed E-state index contributed by atoms with van der Waals surface area (Å²) in [6.07, 6.45) is 0.0000368. The lowest BCUT2D eigenvalue weighted by Crippen LogP contribution is -2.26. The number of pyridine rings is 1. The Morgan fingerprint density at radius 3 is 2.64 bits per heavy atom. The van der Waals surface area contributed by atoms with E-state index in [4.69, 9.17) is 0 Å². The first-order valence-corrected chi connectivity index (χ1v) is 8.24. The second-order valence-corrected chi connectivity index (χ2v) is 6.14. The van der Waals surface area contributed by atoms with E-state index in [-0.39, 0.29) is 5.56 Å². The maximum atomic E-state index is 12.5. The van der Waals surface area contributed by atoms with Crippen LogP contribution in [0.15, 0.2) is 41.2 Å². The van der Waals surface area contributed by atoms with E-state index >= 15 is 0 Å². The Morgan fingerprint density at radius 2 is 2.00 bits per heavy atom. The highest BCUT2D eigenvalue weighted by Gasteiger charge is 2.14. The minimum absolute atomic E-state index is 0.0863. The molecule has 2 rings (SSSR count). The fourth-order valence-corrected chi connectivity index (χ4v) is 2.92. The lowest BCUT2D eigenvalue weighted by molar-refractivity contribution is 0.172. The summed E-state index contributed by atoms with van der Waals surface area (Å²) in [5.41, 5.74) is 2.15. The molecule has 114 valence electrons. The maximum Gasteiger partial charge on any atom is 0.255 e. The van der Waals surface area contributed by atoms with Crippen LogP contribution in [0.1, 0.15) is 36.1 Å². The molecule has 0 aliphatic carbocycles. The molecule has 0 saturated carbocycles. The van der Waals surface area contributed by atoms with Crippen LogP contribution in [0.4, 0.5) is 0 Å². The van der Waals surface area contributed by atoms with Crippen LogP contribution in [-0.2, 0) is 6.54 Å². The van der Waals surface area contributed by atoms with Crippen LogP contribution >= 0.6 is 22.6 Å². The summed E-state index contributed by atoms with van der Waals surface area (Å²) in [4.78, 5) is 12.5. The molecule has 0 spiro atoms. The zero-order valence-corrected chi connectivity index (χ0v) is 14.8. The van der Waals surface area contributed by atoms with Crippen molar-refractivity contribution in [3.05, 3.63) is 67.1 Å². The van der Waals surface area contributed by atoms with E-state index in [0.717, 1.165) is 9.26 Å². The zero-order chi connectivity index (χ0) is 16.1. The molecular formula is C18H18INO2. The number of aliphatic hydroxyl groups excluding tert-OH is 1. The molecule has 0 amide bonds. The quantitative estimate of drug-likeness (QED) is 0.482. The molecular weight excluding hydrogens is 389 g/mol. The third-order valence-corrected chi connectivity index (χ3v) is 4.41. The maximum absolute atomic E-state index is 12.5. The van der Waals surface area contributed by atoms with Gasteiger partial charge in [0, 0.05) is 11.1 Å². The van der Waals surface area contributed by atoms with Crippen LogP contribution in [0.5, 0.6) is 0 Å².